The predicted octanol–water partition coefficient (Wildman–Crippen LogP) is 4.34. The van der Waals surface area contributed by atoms with Crippen LogP contribution in [-0.2, 0) is 11.2 Å². The third-order valence-electron chi connectivity index (χ3n) is 5.07. The Kier molecular flexibility index (Phi) is 5.48. The summed E-state index contributed by atoms with van der Waals surface area (Å²) in [4.78, 5) is 18.9. The number of anilines is 1. The first-order valence-electron chi connectivity index (χ1n) is 9.43. The molecule has 146 valence electrons. The van der Waals surface area contributed by atoms with Crippen LogP contribution >= 0.6 is 11.6 Å². The van der Waals surface area contributed by atoms with Gasteiger partial charge in [-0.1, -0.05) is 29.8 Å². The topological polar surface area (TPSA) is 58.4 Å². The summed E-state index contributed by atoms with van der Waals surface area (Å²) in [7, 11) is 0. The number of carbonyl (C=O) groups is 1. The Morgan fingerprint density at radius 1 is 1.32 bits per heavy atom. The fourth-order valence-electron chi connectivity index (χ4n) is 3.56. The van der Waals surface area contributed by atoms with Gasteiger partial charge in [0.05, 0.1) is 11.1 Å². The quantitative estimate of drug-likeness (QED) is 0.667. The molecule has 1 atom stereocenters. The maximum atomic E-state index is 13.5. The summed E-state index contributed by atoms with van der Waals surface area (Å²) in [5.74, 6) is -0.515. The Hall–Kier alpha value is -2.60. The minimum Gasteiger partial charge on any atom is -0.423 e. The van der Waals surface area contributed by atoms with Gasteiger partial charge in [0.1, 0.15) is 11.3 Å². The van der Waals surface area contributed by atoms with Crippen molar-refractivity contribution in [3.8, 4) is 0 Å². The number of nitrogens with one attached hydrogen (secondary N) is 1. The highest BCUT2D eigenvalue weighted by atomic mass is 35.5. The summed E-state index contributed by atoms with van der Waals surface area (Å²) in [5, 5.41) is 3.08. The molecular formula is C21H21ClFN3O2. The van der Waals surface area contributed by atoms with E-state index in [1.54, 1.807) is 6.07 Å². The molecule has 28 heavy (non-hydrogen) atoms. The zero-order chi connectivity index (χ0) is 19.5. The maximum absolute atomic E-state index is 13.5. The van der Waals surface area contributed by atoms with Crippen LogP contribution in [0.2, 0.25) is 5.02 Å². The second kappa shape index (κ2) is 8.19. The lowest BCUT2D eigenvalue weighted by Gasteiger charge is -2.23. The number of carbonyl (C=O) groups excluding carboxylic acids is 1. The Balaban J connectivity index is 1.31. The zero-order valence-electron chi connectivity index (χ0n) is 15.3. The molecule has 2 aromatic carbocycles. The van der Waals surface area contributed by atoms with Crippen LogP contribution in [0, 0.1) is 5.82 Å². The highest BCUT2D eigenvalue weighted by Crippen LogP contribution is 2.28. The van der Waals surface area contributed by atoms with Gasteiger partial charge in [0, 0.05) is 19.5 Å². The number of fused-ring (bicyclic) bond motifs is 1. The van der Waals surface area contributed by atoms with Gasteiger partial charge >= 0.3 is 0 Å². The van der Waals surface area contributed by atoms with Crippen molar-refractivity contribution in [3.63, 3.8) is 0 Å². The lowest BCUT2D eigenvalue weighted by Crippen LogP contribution is -2.40. The highest BCUT2D eigenvalue weighted by molar-refractivity contribution is 6.30. The molecule has 0 radical (unpaired) electrons. The van der Waals surface area contributed by atoms with Gasteiger partial charge in [-0.05, 0) is 49.1 Å². The Morgan fingerprint density at radius 2 is 2.18 bits per heavy atom. The number of rotatable bonds is 6. The van der Waals surface area contributed by atoms with E-state index in [1.807, 2.05) is 24.3 Å². The summed E-state index contributed by atoms with van der Waals surface area (Å²) in [6.45, 7) is 1.39. The molecule has 0 bridgehead atoms. The van der Waals surface area contributed by atoms with Crippen molar-refractivity contribution in [1.29, 1.82) is 0 Å². The van der Waals surface area contributed by atoms with Gasteiger partial charge in [-0.15, -0.1) is 0 Å². The second-order valence-electron chi connectivity index (χ2n) is 7.01. The normalized spacial score (nSPS) is 16.6. The molecule has 4 rings (SSSR count). The van der Waals surface area contributed by atoms with E-state index < -0.39 is 5.82 Å². The minimum absolute atomic E-state index is 0.0558. The largest absolute Gasteiger partial charge is 0.423 e. The number of benzene rings is 2. The average Bonchev–Trinajstić information content (AvgIpc) is 3.33. The molecule has 1 aromatic heterocycles. The number of aromatic nitrogens is 1. The zero-order valence-corrected chi connectivity index (χ0v) is 16.1. The third-order valence-corrected chi connectivity index (χ3v) is 5.37. The Labute approximate surface area is 167 Å². The van der Waals surface area contributed by atoms with Crippen molar-refractivity contribution in [3.05, 3.63) is 58.9 Å². The van der Waals surface area contributed by atoms with Crippen molar-refractivity contribution in [2.75, 3.05) is 18.0 Å². The number of halogens is 2. The van der Waals surface area contributed by atoms with Crippen molar-refractivity contribution in [2.24, 2.45) is 0 Å². The number of nitrogens with zero attached hydrogens (tertiary/aromatic N) is 2. The fourth-order valence-corrected chi connectivity index (χ4v) is 3.67. The van der Waals surface area contributed by atoms with E-state index >= 15 is 0 Å². The first kappa shape index (κ1) is 18.7. The molecule has 1 amide bonds. The minimum atomic E-state index is -0.459. The molecular weight excluding hydrogens is 381 g/mol. The van der Waals surface area contributed by atoms with Crippen molar-refractivity contribution < 1.29 is 13.6 Å². The van der Waals surface area contributed by atoms with Gasteiger partial charge in [0.2, 0.25) is 5.91 Å². The van der Waals surface area contributed by atoms with E-state index in [-0.39, 0.29) is 17.0 Å². The molecule has 1 aliphatic heterocycles. The van der Waals surface area contributed by atoms with E-state index in [0.29, 0.717) is 25.4 Å². The molecule has 1 N–H and O–H groups in total. The fraction of sp³-hybridized carbons (Fsp3) is 0.333. The molecule has 5 nitrogen and oxygen atoms in total. The number of oxazole rings is 1. The molecule has 2 heterocycles. The highest BCUT2D eigenvalue weighted by Gasteiger charge is 2.28. The first-order chi connectivity index (χ1) is 13.6. The SMILES string of the molecule is O=C(CCc1ccc(Cl)c(F)c1)NCC1CCCN1c1nc2ccccc2o1. The molecule has 7 heteroatoms. The first-order valence-corrected chi connectivity index (χ1v) is 9.81. The number of para-hydroxylation sites is 2. The van der Waals surface area contributed by atoms with Crippen LogP contribution < -0.4 is 10.2 Å². The summed E-state index contributed by atoms with van der Waals surface area (Å²) in [6.07, 6.45) is 2.78. The monoisotopic (exact) mass is 401 g/mol. The molecule has 3 aromatic rings. The molecule has 1 saturated heterocycles. The van der Waals surface area contributed by atoms with Crippen LogP contribution in [0.25, 0.3) is 11.1 Å². The lowest BCUT2D eigenvalue weighted by atomic mass is 10.1. The van der Waals surface area contributed by atoms with Gasteiger partial charge in [-0.25, -0.2) is 4.39 Å². The van der Waals surface area contributed by atoms with Crippen molar-refractivity contribution in [2.45, 2.75) is 31.7 Å². The molecule has 0 aliphatic carbocycles. The van der Waals surface area contributed by atoms with E-state index in [9.17, 15) is 9.18 Å². The summed E-state index contributed by atoms with van der Waals surface area (Å²) < 4.78 is 19.4. The second-order valence-corrected chi connectivity index (χ2v) is 7.41. The predicted molar refractivity (Wildman–Crippen MR) is 107 cm³/mol. The number of hydrogen-bond acceptors (Lipinski definition) is 4. The van der Waals surface area contributed by atoms with Crippen LogP contribution in [0.3, 0.4) is 0 Å². The molecule has 1 aliphatic rings. The molecule has 0 saturated carbocycles. The van der Waals surface area contributed by atoms with Crippen LogP contribution in [0.4, 0.5) is 10.4 Å². The molecule has 1 fully saturated rings. The van der Waals surface area contributed by atoms with Gasteiger partial charge in [0.15, 0.2) is 5.58 Å². The molecule has 1 unspecified atom stereocenters. The average molecular weight is 402 g/mol. The molecule has 0 spiro atoms. The van der Waals surface area contributed by atoms with E-state index in [4.69, 9.17) is 16.0 Å². The van der Waals surface area contributed by atoms with Gasteiger partial charge in [0.25, 0.3) is 6.01 Å². The summed E-state index contributed by atoms with van der Waals surface area (Å²) in [6, 6.07) is 13.1. The van der Waals surface area contributed by atoms with Crippen LogP contribution in [-0.4, -0.2) is 30.0 Å². The number of aryl methyl sites for hydroxylation is 1. The van der Waals surface area contributed by atoms with Gasteiger partial charge < -0.3 is 14.6 Å². The van der Waals surface area contributed by atoms with Crippen LogP contribution in [0.1, 0.15) is 24.8 Å². The van der Waals surface area contributed by atoms with Crippen molar-refractivity contribution in [1.82, 2.24) is 10.3 Å². The maximum Gasteiger partial charge on any atom is 0.298 e. The van der Waals surface area contributed by atoms with E-state index in [1.165, 1.54) is 12.1 Å². The van der Waals surface area contributed by atoms with Gasteiger partial charge in [-0.2, -0.15) is 4.98 Å². The Morgan fingerprint density at radius 3 is 3.00 bits per heavy atom. The summed E-state index contributed by atoms with van der Waals surface area (Å²) in [5.41, 5.74) is 2.36. The van der Waals surface area contributed by atoms with Gasteiger partial charge in [-0.3, -0.25) is 4.79 Å². The van der Waals surface area contributed by atoms with Crippen molar-refractivity contribution >= 4 is 34.6 Å². The third kappa shape index (κ3) is 4.12. The van der Waals surface area contributed by atoms with E-state index in [0.717, 1.165) is 36.0 Å². The lowest BCUT2D eigenvalue weighted by molar-refractivity contribution is -0.121. The van der Waals surface area contributed by atoms with Crippen LogP contribution in [0.15, 0.2) is 46.9 Å². The summed E-state index contributed by atoms with van der Waals surface area (Å²) >= 11 is 5.68. The standard InChI is InChI=1S/C21H21ClFN3O2/c22-16-9-7-14(12-17(16)23)8-10-20(27)24-13-15-4-3-11-26(15)21-25-18-5-1-2-6-19(18)28-21/h1-2,5-7,9,12,15H,3-4,8,10-11,13H2,(H,24,27). The number of hydrogen-bond donors (Lipinski definition) is 1. The number of amides is 1. The van der Waals surface area contributed by atoms with E-state index in [2.05, 4.69) is 15.2 Å². The van der Waals surface area contributed by atoms with Crippen LogP contribution in [0.5, 0.6) is 0 Å². The smallest absolute Gasteiger partial charge is 0.298 e. The Bertz CT molecular complexity index is 958.